The minimum absolute atomic E-state index is 0.242. The fraction of sp³-hybridized carbons (Fsp3) is 0.0833. The van der Waals surface area contributed by atoms with Gasteiger partial charge >= 0.3 is 5.69 Å². The van der Waals surface area contributed by atoms with Crippen molar-refractivity contribution < 1.29 is 0 Å². The van der Waals surface area contributed by atoms with Gasteiger partial charge in [0.1, 0.15) is 6.07 Å². The van der Waals surface area contributed by atoms with Crippen molar-refractivity contribution in [1.29, 1.82) is 5.26 Å². The van der Waals surface area contributed by atoms with Gasteiger partial charge in [-0.15, -0.1) is 0 Å². The van der Waals surface area contributed by atoms with E-state index in [1.54, 1.807) is 11.7 Å². The summed E-state index contributed by atoms with van der Waals surface area (Å²) in [5, 5.41) is 13.1. The van der Waals surface area contributed by atoms with E-state index in [0.717, 1.165) is 16.8 Å². The summed E-state index contributed by atoms with van der Waals surface area (Å²) in [6.07, 6.45) is 0. The lowest BCUT2D eigenvalue weighted by molar-refractivity contribution is 0.771. The number of benzene rings is 1. The molecule has 0 saturated carbocycles. The maximum atomic E-state index is 11.2. The highest BCUT2D eigenvalue weighted by molar-refractivity contribution is 9.10. The molecule has 6 nitrogen and oxygen atoms in total. The van der Waals surface area contributed by atoms with Crippen molar-refractivity contribution in [3.8, 4) is 17.3 Å². The number of nitrogens with one attached hydrogen (secondary N) is 2. The number of aromatic nitrogens is 4. The quantitative estimate of drug-likeness (QED) is 0.718. The molecule has 2 N–H and O–H groups in total. The van der Waals surface area contributed by atoms with Crippen LogP contribution in [-0.4, -0.2) is 19.7 Å². The van der Waals surface area contributed by atoms with E-state index in [1.807, 2.05) is 24.3 Å². The molecule has 0 radical (unpaired) electrons. The van der Waals surface area contributed by atoms with Crippen molar-refractivity contribution in [3.05, 3.63) is 38.9 Å². The molecule has 2 heterocycles. The zero-order valence-electron chi connectivity index (χ0n) is 9.86. The lowest BCUT2D eigenvalue weighted by Gasteiger charge is -2.03. The molecule has 1 aromatic carbocycles. The molecule has 0 atom stereocenters. The molecule has 0 unspecified atom stereocenters. The predicted molar refractivity (Wildman–Crippen MR) is 73.5 cm³/mol. The topological polar surface area (TPSA) is 90.3 Å². The molecule has 0 bridgehead atoms. The molecule has 3 rings (SSSR count). The fourth-order valence-electron chi connectivity index (χ4n) is 2.06. The Bertz CT molecular complexity index is 880. The average molecular weight is 318 g/mol. The highest BCUT2D eigenvalue weighted by atomic mass is 79.9. The van der Waals surface area contributed by atoms with Crippen LogP contribution in [0, 0.1) is 11.3 Å². The highest BCUT2D eigenvalue weighted by Gasteiger charge is 2.15. The molecule has 7 heteroatoms. The first-order chi connectivity index (χ1) is 9.10. The third-order valence-electron chi connectivity index (χ3n) is 2.88. The predicted octanol–water partition coefficient (Wildman–Crippen LogP) is 1.89. The zero-order chi connectivity index (χ0) is 13.6. The Morgan fingerprint density at radius 1 is 1.37 bits per heavy atom. The third kappa shape index (κ3) is 1.77. The van der Waals surface area contributed by atoms with E-state index < -0.39 is 0 Å². The lowest BCUT2D eigenvalue weighted by Crippen LogP contribution is -1.99. The van der Waals surface area contributed by atoms with Gasteiger partial charge in [0, 0.05) is 12.6 Å². The molecule has 0 fully saturated rings. The Labute approximate surface area is 115 Å². The van der Waals surface area contributed by atoms with Crippen molar-refractivity contribution in [3.63, 3.8) is 0 Å². The van der Waals surface area contributed by atoms with E-state index in [0.29, 0.717) is 15.7 Å². The number of fused-ring (bicyclic) bond motifs is 1. The number of imidazole rings is 1. The second kappa shape index (κ2) is 4.10. The molecule has 2 aromatic heterocycles. The first kappa shape index (κ1) is 11.7. The van der Waals surface area contributed by atoms with Crippen LogP contribution < -0.4 is 5.69 Å². The number of aryl methyl sites for hydroxylation is 1. The van der Waals surface area contributed by atoms with Crippen LogP contribution in [0.15, 0.2) is 27.5 Å². The van der Waals surface area contributed by atoms with Crippen molar-refractivity contribution in [2.24, 2.45) is 7.05 Å². The van der Waals surface area contributed by atoms with Gasteiger partial charge in [0.2, 0.25) is 0 Å². The van der Waals surface area contributed by atoms with Gasteiger partial charge < -0.3 is 9.97 Å². The molecular formula is C12H8BrN5O. The van der Waals surface area contributed by atoms with Gasteiger partial charge in [-0.05, 0) is 28.1 Å². The van der Waals surface area contributed by atoms with E-state index in [2.05, 4.69) is 31.0 Å². The van der Waals surface area contributed by atoms with Crippen LogP contribution in [0.3, 0.4) is 0 Å². The van der Waals surface area contributed by atoms with Gasteiger partial charge in [0.05, 0.1) is 21.2 Å². The first-order valence-corrected chi connectivity index (χ1v) is 6.24. The monoisotopic (exact) mass is 317 g/mol. The van der Waals surface area contributed by atoms with Gasteiger partial charge in [0.25, 0.3) is 0 Å². The number of nitriles is 1. The van der Waals surface area contributed by atoms with Crippen LogP contribution >= 0.6 is 15.9 Å². The summed E-state index contributed by atoms with van der Waals surface area (Å²) in [6, 6.07) is 7.55. The number of halogens is 1. The minimum Gasteiger partial charge on any atom is -0.306 e. The van der Waals surface area contributed by atoms with Crippen LogP contribution in [0.4, 0.5) is 0 Å². The number of hydrogen-bond acceptors (Lipinski definition) is 3. The second-order valence-corrected chi connectivity index (χ2v) is 4.88. The maximum absolute atomic E-state index is 11.2. The highest BCUT2D eigenvalue weighted by Crippen LogP contribution is 2.31. The summed E-state index contributed by atoms with van der Waals surface area (Å²) in [7, 11) is 1.77. The van der Waals surface area contributed by atoms with Gasteiger partial charge in [-0.1, -0.05) is 6.07 Å². The minimum atomic E-state index is -0.242. The van der Waals surface area contributed by atoms with Crippen LogP contribution in [0.5, 0.6) is 0 Å². The molecule has 0 amide bonds. The zero-order valence-corrected chi connectivity index (χ0v) is 11.4. The van der Waals surface area contributed by atoms with Crippen molar-refractivity contribution in [2.75, 3.05) is 0 Å². The SMILES string of the molecule is Cn1nc(C#N)c(Br)c1-c1ccc2[nH]c(=O)[nH]c2c1. The van der Waals surface area contributed by atoms with Crippen LogP contribution in [0.2, 0.25) is 0 Å². The average Bonchev–Trinajstić information content (AvgIpc) is 2.87. The fourth-order valence-corrected chi connectivity index (χ4v) is 2.72. The molecule has 0 aliphatic heterocycles. The van der Waals surface area contributed by atoms with Crippen molar-refractivity contribution >= 4 is 27.0 Å². The number of rotatable bonds is 1. The van der Waals surface area contributed by atoms with Gasteiger partial charge in [-0.3, -0.25) is 4.68 Å². The third-order valence-corrected chi connectivity index (χ3v) is 3.64. The molecule has 94 valence electrons. The lowest BCUT2D eigenvalue weighted by atomic mass is 10.1. The van der Waals surface area contributed by atoms with Crippen LogP contribution in [0.1, 0.15) is 5.69 Å². The largest absolute Gasteiger partial charge is 0.323 e. The normalized spacial score (nSPS) is 10.8. The van der Waals surface area contributed by atoms with Gasteiger partial charge in [-0.2, -0.15) is 10.4 Å². The Hall–Kier alpha value is -2.33. The van der Waals surface area contributed by atoms with E-state index in [-0.39, 0.29) is 5.69 Å². The van der Waals surface area contributed by atoms with Crippen LogP contribution in [0.25, 0.3) is 22.3 Å². The molecule has 0 saturated heterocycles. The van der Waals surface area contributed by atoms with E-state index in [9.17, 15) is 4.79 Å². The van der Waals surface area contributed by atoms with Crippen molar-refractivity contribution in [2.45, 2.75) is 0 Å². The summed E-state index contributed by atoms with van der Waals surface area (Å²) < 4.78 is 2.28. The molecule has 19 heavy (non-hydrogen) atoms. The molecule has 0 spiro atoms. The van der Waals surface area contributed by atoms with E-state index >= 15 is 0 Å². The smallest absolute Gasteiger partial charge is 0.306 e. The van der Waals surface area contributed by atoms with Crippen molar-refractivity contribution in [1.82, 2.24) is 19.7 Å². The van der Waals surface area contributed by atoms with Crippen LogP contribution in [-0.2, 0) is 7.05 Å². The number of aromatic amines is 2. The maximum Gasteiger partial charge on any atom is 0.323 e. The Morgan fingerprint density at radius 2 is 2.11 bits per heavy atom. The Kier molecular flexibility index (Phi) is 2.54. The summed E-state index contributed by atoms with van der Waals surface area (Å²) in [4.78, 5) is 16.6. The molecule has 0 aliphatic rings. The molecule has 0 aliphatic carbocycles. The van der Waals surface area contributed by atoms with E-state index in [1.165, 1.54) is 0 Å². The second-order valence-electron chi connectivity index (χ2n) is 4.09. The summed E-state index contributed by atoms with van der Waals surface area (Å²) >= 11 is 3.38. The number of nitrogens with zero attached hydrogens (tertiary/aromatic N) is 3. The summed E-state index contributed by atoms with van der Waals surface area (Å²) in [5.41, 5.74) is 3.21. The Morgan fingerprint density at radius 3 is 2.79 bits per heavy atom. The first-order valence-electron chi connectivity index (χ1n) is 5.45. The number of hydrogen-bond donors (Lipinski definition) is 2. The number of H-pyrrole nitrogens is 2. The molecule has 3 aromatic rings. The standard InChI is InChI=1S/C12H8BrN5O/c1-18-11(10(13)9(5-14)17-18)6-2-3-7-8(4-6)16-12(19)15-7/h2-4H,1H3,(H2,15,16,19). The van der Waals surface area contributed by atoms with Gasteiger partial charge in [-0.25, -0.2) is 4.79 Å². The Balaban J connectivity index is 2.27. The summed E-state index contributed by atoms with van der Waals surface area (Å²) in [5.74, 6) is 0. The van der Waals surface area contributed by atoms with Gasteiger partial charge in [0.15, 0.2) is 5.69 Å². The summed E-state index contributed by atoms with van der Waals surface area (Å²) in [6.45, 7) is 0. The van der Waals surface area contributed by atoms with E-state index in [4.69, 9.17) is 5.26 Å². The molecular weight excluding hydrogens is 310 g/mol.